The van der Waals surface area contributed by atoms with Crippen molar-refractivity contribution >= 4 is 5.65 Å². The number of nitrogens with zero attached hydrogens (tertiary/aromatic N) is 3. The van der Waals surface area contributed by atoms with Gasteiger partial charge in [0.05, 0.1) is 18.0 Å². The Morgan fingerprint density at radius 2 is 1.63 bits per heavy atom. The Kier molecular flexibility index (Phi) is 4.74. The van der Waals surface area contributed by atoms with Crippen LogP contribution in [0.1, 0.15) is 5.69 Å². The molecule has 162 valence electrons. The lowest BCUT2D eigenvalue weighted by atomic mass is 10.1. The Hall–Kier alpha value is -3.26. The van der Waals surface area contributed by atoms with Crippen molar-refractivity contribution in [2.75, 3.05) is 0 Å². The Bertz CT molecular complexity index is 1230. The molecule has 3 aromatic rings. The van der Waals surface area contributed by atoms with Crippen LogP contribution in [0.25, 0.3) is 16.8 Å². The monoisotopic (exact) mass is 446 g/mol. The first-order valence-electron chi connectivity index (χ1n) is 7.64. The van der Waals surface area contributed by atoms with E-state index in [4.69, 9.17) is 0 Å². The van der Waals surface area contributed by atoms with Gasteiger partial charge in [0.15, 0.2) is 5.82 Å². The highest BCUT2D eigenvalue weighted by atomic mass is 19.4. The van der Waals surface area contributed by atoms with Crippen LogP contribution in [0.4, 0.5) is 39.5 Å². The summed E-state index contributed by atoms with van der Waals surface area (Å²) >= 11 is 0. The normalized spacial score (nSPS) is 13.2. The zero-order valence-electron chi connectivity index (χ0n) is 14.1. The van der Waals surface area contributed by atoms with Crippen LogP contribution < -0.4 is 11.0 Å². The van der Waals surface area contributed by atoms with E-state index in [-0.39, 0.29) is 4.68 Å². The van der Waals surface area contributed by atoms with Crippen molar-refractivity contribution in [3.8, 4) is 11.1 Å². The van der Waals surface area contributed by atoms with Crippen molar-refractivity contribution in [3.63, 3.8) is 0 Å². The second-order valence-corrected chi connectivity index (χ2v) is 6.05. The molecule has 3 rings (SSSR count). The molecule has 0 aromatic carbocycles. The minimum Gasteiger partial charge on any atom is -0.336 e. The maximum absolute atomic E-state index is 13.5. The van der Waals surface area contributed by atoms with E-state index >= 15 is 0 Å². The number of hydrogen-bond donors (Lipinski definition) is 1. The fourth-order valence-electron chi connectivity index (χ4n) is 2.54. The summed E-state index contributed by atoms with van der Waals surface area (Å²) in [5.74, 6) is -6.72. The standard InChI is InChI=1S/C15H7F9N4O2/c16-7-4-28-9(1-8(7)29)26-11(14(19,20)21)10(12(28)30)6-2-25-27(3-6)5-13(17,18)15(22,23)24/h1-4,26H,5H2. The van der Waals surface area contributed by atoms with Crippen LogP contribution in [0.5, 0.6) is 0 Å². The molecule has 6 nitrogen and oxygen atoms in total. The van der Waals surface area contributed by atoms with Gasteiger partial charge in [-0.15, -0.1) is 0 Å². The number of nitrogens with one attached hydrogen (secondary N) is 1. The molecule has 15 heteroatoms. The van der Waals surface area contributed by atoms with Crippen molar-refractivity contribution in [1.82, 2.24) is 19.2 Å². The zero-order valence-corrected chi connectivity index (χ0v) is 14.1. The SMILES string of the molecule is O=c1cc2[nH]c(C(F)(F)F)c(-c3cnn(CC(F)(F)C(F)(F)F)c3)c(=O)n2cc1F. The first-order chi connectivity index (χ1) is 13.6. The molecule has 0 saturated carbocycles. The molecule has 30 heavy (non-hydrogen) atoms. The number of aromatic amines is 1. The predicted molar refractivity (Wildman–Crippen MR) is 81.5 cm³/mol. The third-order valence-electron chi connectivity index (χ3n) is 3.92. The number of pyridine rings is 1. The maximum Gasteiger partial charge on any atom is 0.455 e. The molecule has 0 aliphatic rings. The number of fused-ring (bicyclic) bond motifs is 1. The molecule has 0 bridgehead atoms. The van der Waals surface area contributed by atoms with Crippen LogP contribution in [0.3, 0.4) is 0 Å². The lowest BCUT2D eigenvalue weighted by Gasteiger charge is -2.19. The van der Waals surface area contributed by atoms with E-state index in [0.29, 0.717) is 29.1 Å². The summed E-state index contributed by atoms with van der Waals surface area (Å²) in [5.41, 5.74) is -7.27. The fraction of sp³-hybridized carbons (Fsp3) is 0.267. The third kappa shape index (κ3) is 3.66. The van der Waals surface area contributed by atoms with Crippen LogP contribution in [0.15, 0.2) is 34.2 Å². The first kappa shape index (κ1) is 21.4. The maximum atomic E-state index is 13.5. The minimum absolute atomic E-state index is 0.0125. The lowest BCUT2D eigenvalue weighted by Crippen LogP contribution is -2.40. The largest absolute Gasteiger partial charge is 0.455 e. The van der Waals surface area contributed by atoms with Gasteiger partial charge in [0.25, 0.3) is 5.56 Å². The summed E-state index contributed by atoms with van der Waals surface area (Å²) in [6.07, 6.45) is -10.0. The van der Waals surface area contributed by atoms with E-state index in [1.54, 1.807) is 4.98 Å². The predicted octanol–water partition coefficient (Wildman–Crippen LogP) is 3.21. The van der Waals surface area contributed by atoms with Crippen LogP contribution in [0.2, 0.25) is 0 Å². The quantitative estimate of drug-likeness (QED) is 0.629. The molecule has 0 spiro atoms. The van der Waals surface area contributed by atoms with Crippen molar-refractivity contribution < 1.29 is 39.5 Å². The topological polar surface area (TPSA) is 72.2 Å². The average molecular weight is 446 g/mol. The summed E-state index contributed by atoms with van der Waals surface area (Å²) in [6.45, 7) is -2.05. The van der Waals surface area contributed by atoms with Crippen molar-refractivity contribution in [2.45, 2.75) is 24.8 Å². The van der Waals surface area contributed by atoms with E-state index in [1.807, 2.05) is 0 Å². The van der Waals surface area contributed by atoms with Gasteiger partial charge < -0.3 is 4.98 Å². The van der Waals surface area contributed by atoms with Gasteiger partial charge in [0.2, 0.25) is 5.43 Å². The molecule has 0 aliphatic carbocycles. The third-order valence-corrected chi connectivity index (χ3v) is 3.92. The molecule has 0 unspecified atom stereocenters. The molecule has 0 atom stereocenters. The number of aromatic nitrogens is 4. The molecule has 0 amide bonds. The first-order valence-corrected chi connectivity index (χ1v) is 7.64. The Morgan fingerprint density at radius 1 is 1.00 bits per heavy atom. The highest BCUT2D eigenvalue weighted by Crippen LogP contribution is 2.37. The molecule has 0 fully saturated rings. The molecule has 1 N–H and O–H groups in total. The smallest absolute Gasteiger partial charge is 0.336 e. The summed E-state index contributed by atoms with van der Waals surface area (Å²) in [6, 6.07) is 0.392. The molecule has 0 saturated heterocycles. The van der Waals surface area contributed by atoms with Gasteiger partial charge in [-0.25, -0.2) is 4.39 Å². The van der Waals surface area contributed by atoms with Gasteiger partial charge in [-0.3, -0.25) is 18.7 Å². The zero-order chi connectivity index (χ0) is 22.6. The lowest BCUT2D eigenvalue weighted by molar-refractivity contribution is -0.287. The Balaban J connectivity index is 2.22. The number of H-pyrrole nitrogens is 1. The number of rotatable bonds is 3. The van der Waals surface area contributed by atoms with Crippen LogP contribution >= 0.6 is 0 Å². The number of hydrogen-bond acceptors (Lipinski definition) is 3. The summed E-state index contributed by atoms with van der Waals surface area (Å²) in [7, 11) is 0. The van der Waals surface area contributed by atoms with Crippen LogP contribution in [-0.4, -0.2) is 31.3 Å². The molecule has 0 aliphatic heterocycles. The minimum atomic E-state index is -5.94. The Labute approximate surface area is 158 Å². The van der Waals surface area contributed by atoms with Crippen LogP contribution in [-0.2, 0) is 12.7 Å². The van der Waals surface area contributed by atoms with Gasteiger partial charge in [-0.05, 0) is 0 Å². The van der Waals surface area contributed by atoms with Crippen molar-refractivity contribution in [2.24, 2.45) is 0 Å². The van der Waals surface area contributed by atoms with Gasteiger partial charge in [0.1, 0.15) is 17.9 Å². The highest BCUT2D eigenvalue weighted by Gasteiger charge is 2.57. The highest BCUT2D eigenvalue weighted by molar-refractivity contribution is 5.66. The molecular weight excluding hydrogens is 439 g/mol. The number of alkyl halides is 8. The van der Waals surface area contributed by atoms with Crippen LogP contribution in [0, 0.1) is 5.82 Å². The van der Waals surface area contributed by atoms with E-state index in [1.165, 1.54) is 0 Å². The van der Waals surface area contributed by atoms with E-state index in [9.17, 15) is 49.1 Å². The average Bonchev–Trinajstić information content (AvgIpc) is 3.02. The summed E-state index contributed by atoms with van der Waals surface area (Å²) < 4.78 is 117. The van der Waals surface area contributed by atoms with E-state index < -0.39 is 64.1 Å². The fourth-order valence-corrected chi connectivity index (χ4v) is 2.54. The second kappa shape index (κ2) is 6.63. The van der Waals surface area contributed by atoms with Crippen molar-refractivity contribution in [3.05, 3.63) is 56.7 Å². The summed E-state index contributed by atoms with van der Waals surface area (Å²) in [5, 5.41) is 3.15. The van der Waals surface area contributed by atoms with E-state index in [2.05, 4.69) is 5.10 Å². The van der Waals surface area contributed by atoms with Gasteiger partial charge >= 0.3 is 18.3 Å². The molecule has 3 heterocycles. The molecular formula is C15H7F9N4O2. The van der Waals surface area contributed by atoms with Gasteiger partial charge in [-0.1, -0.05) is 0 Å². The summed E-state index contributed by atoms with van der Waals surface area (Å²) in [4.78, 5) is 25.6. The van der Waals surface area contributed by atoms with Crippen molar-refractivity contribution in [1.29, 1.82) is 0 Å². The molecule has 3 aromatic heterocycles. The van der Waals surface area contributed by atoms with Gasteiger partial charge in [0, 0.05) is 17.8 Å². The Morgan fingerprint density at radius 3 is 2.20 bits per heavy atom. The molecule has 0 radical (unpaired) electrons. The second-order valence-electron chi connectivity index (χ2n) is 6.05. The van der Waals surface area contributed by atoms with Gasteiger partial charge in [-0.2, -0.15) is 40.2 Å². The van der Waals surface area contributed by atoms with E-state index in [0.717, 1.165) is 0 Å². The number of halogens is 9.